The number of nitrogens with one attached hydrogen (secondary N) is 2. The third-order valence-electron chi connectivity index (χ3n) is 5.42. The van der Waals surface area contributed by atoms with Gasteiger partial charge in [-0.3, -0.25) is 13.8 Å². The lowest BCUT2D eigenvalue weighted by molar-refractivity contribution is 0.102. The number of benzene rings is 3. The molecule has 0 bridgehead atoms. The van der Waals surface area contributed by atoms with Gasteiger partial charge in [0.25, 0.3) is 15.9 Å². The van der Waals surface area contributed by atoms with Crippen molar-refractivity contribution < 1.29 is 21.6 Å². The van der Waals surface area contributed by atoms with Crippen LogP contribution in [0.2, 0.25) is 0 Å². The van der Waals surface area contributed by atoms with Crippen LogP contribution in [0.4, 0.5) is 17.1 Å². The number of hydrogen-bond donors (Lipinski definition) is 2. The summed E-state index contributed by atoms with van der Waals surface area (Å²) in [6.45, 7) is 2.13. The fourth-order valence-electron chi connectivity index (χ4n) is 3.81. The molecule has 3 aromatic carbocycles. The second-order valence-electron chi connectivity index (χ2n) is 7.94. The SMILES string of the molecule is CCCS(=O)(=O)Nc1ccc(NC(=O)c2cccc(S(=O)(=O)N3CCc4ccccc43)c2)cc1. The zero-order chi connectivity index (χ0) is 24.3. The van der Waals surface area contributed by atoms with E-state index in [1.54, 1.807) is 49.4 Å². The zero-order valence-corrected chi connectivity index (χ0v) is 20.2. The minimum Gasteiger partial charge on any atom is -0.322 e. The molecular formula is C24H25N3O5S2. The molecule has 0 saturated carbocycles. The first-order chi connectivity index (χ1) is 16.2. The van der Waals surface area contributed by atoms with Crippen LogP contribution in [0.1, 0.15) is 29.3 Å². The quantitative estimate of drug-likeness (QED) is 0.489. The van der Waals surface area contributed by atoms with E-state index >= 15 is 0 Å². The first kappa shape index (κ1) is 23.8. The number of rotatable bonds is 8. The van der Waals surface area contributed by atoms with Gasteiger partial charge in [-0.15, -0.1) is 0 Å². The lowest BCUT2D eigenvalue weighted by Gasteiger charge is -2.20. The van der Waals surface area contributed by atoms with E-state index in [0.29, 0.717) is 36.4 Å². The molecule has 4 rings (SSSR count). The maximum absolute atomic E-state index is 13.3. The van der Waals surface area contributed by atoms with Gasteiger partial charge in [0.15, 0.2) is 0 Å². The van der Waals surface area contributed by atoms with Crippen LogP contribution in [0.25, 0.3) is 0 Å². The molecule has 8 nitrogen and oxygen atoms in total. The molecule has 0 aromatic heterocycles. The van der Waals surface area contributed by atoms with E-state index in [1.807, 2.05) is 12.1 Å². The van der Waals surface area contributed by atoms with Crippen LogP contribution < -0.4 is 14.3 Å². The Morgan fingerprint density at radius 3 is 2.35 bits per heavy atom. The van der Waals surface area contributed by atoms with Crippen molar-refractivity contribution in [3.05, 3.63) is 83.9 Å². The number of carbonyl (C=O) groups is 1. The van der Waals surface area contributed by atoms with Gasteiger partial charge in [-0.2, -0.15) is 0 Å². The maximum atomic E-state index is 13.3. The molecule has 3 aromatic rings. The van der Waals surface area contributed by atoms with E-state index in [0.717, 1.165) is 5.56 Å². The molecule has 1 aliphatic rings. The van der Waals surface area contributed by atoms with Crippen LogP contribution in [-0.2, 0) is 26.5 Å². The van der Waals surface area contributed by atoms with Gasteiger partial charge in [-0.05, 0) is 66.9 Å². The van der Waals surface area contributed by atoms with Crippen molar-refractivity contribution in [2.45, 2.75) is 24.7 Å². The van der Waals surface area contributed by atoms with Gasteiger partial charge in [-0.1, -0.05) is 31.2 Å². The Labute approximate surface area is 199 Å². The average molecular weight is 500 g/mol. The number of para-hydroxylation sites is 1. The number of anilines is 3. The first-order valence-corrected chi connectivity index (χ1v) is 13.9. The summed E-state index contributed by atoms with van der Waals surface area (Å²) in [4.78, 5) is 12.8. The molecule has 1 heterocycles. The topological polar surface area (TPSA) is 113 Å². The second-order valence-corrected chi connectivity index (χ2v) is 11.6. The van der Waals surface area contributed by atoms with Gasteiger partial charge in [0.2, 0.25) is 10.0 Å². The molecule has 10 heteroatoms. The summed E-state index contributed by atoms with van der Waals surface area (Å²) in [6.07, 6.45) is 1.14. The summed E-state index contributed by atoms with van der Waals surface area (Å²) in [6, 6.07) is 19.5. The van der Waals surface area contributed by atoms with E-state index in [2.05, 4.69) is 10.0 Å². The highest BCUT2D eigenvalue weighted by Crippen LogP contribution is 2.32. The molecule has 0 spiro atoms. The van der Waals surface area contributed by atoms with Gasteiger partial charge in [-0.25, -0.2) is 16.8 Å². The third-order valence-corrected chi connectivity index (χ3v) is 8.72. The lowest BCUT2D eigenvalue weighted by atomic mass is 10.2. The van der Waals surface area contributed by atoms with E-state index in [-0.39, 0.29) is 16.2 Å². The van der Waals surface area contributed by atoms with E-state index in [1.165, 1.54) is 22.5 Å². The van der Waals surface area contributed by atoms with Crippen LogP contribution in [0.3, 0.4) is 0 Å². The molecule has 1 aliphatic heterocycles. The van der Waals surface area contributed by atoms with Crippen molar-refractivity contribution in [1.29, 1.82) is 0 Å². The Hall–Kier alpha value is -3.37. The van der Waals surface area contributed by atoms with Crippen molar-refractivity contribution in [3.63, 3.8) is 0 Å². The van der Waals surface area contributed by atoms with Crippen LogP contribution in [0.5, 0.6) is 0 Å². The molecular weight excluding hydrogens is 474 g/mol. The fourth-order valence-corrected chi connectivity index (χ4v) is 6.49. The molecule has 0 fully saturated rings. The van der Waals surface area contributed by atoms with Crippen LogP contribution in [0, 0.1) is 0 Å². The summed E-state index contributed by atoms with van der Waals surface area (Å²) in [5.41, 5.74) is 2.67. The molecule has 2 N–H and O–H groups in total. The Morgan fingerprint density at radius 2 is 1.62 bits per heavy atom. The monoisotopic (exact) mass is 499 g/mol. The summed E-state index contributed by atoms with van der Waals surface area (Å²) >= 11 is 0. The summed E-state index contributed by atoms with van der Waals surface area (Å²) in [7, 11) is -7.23. The van der Waals surface area contributed by atoms with Gasteiger partial charge in [0.1, 0.15) is 0 Å². The number of sulfonamides is 2. The maximum Gasteiger partial charge on any atom is 0.264 e. The Morgan fingerprint density at radius 1 is 0.912 bits per heavy atom. The minimum atomic E-state index is -3.82. The Bertz CT molecular complexity index is 1420. The van der Waals surface area contributed by atoms with Crippen molar-refractivity contribution in [2.75, 3.05) is 26.6 Å². The van der Waals surface area contributed by atoms with Crippen LogP contribution in [0.15, 0.2) is 77.7 Å². The summed E-state index contributed by atoms with van der Waals surface area (Å²) in [5, 5.41) is 2.71. The smallest absolute Gasteiger partial charge is 0.264 e. The average Bonchev–Trinajstić information content (AvgIpc) is 3.25. The number of amides is 1. The molecule has 0 aliphatic carbocycles. The highest BCUT2D eigenvalue weighted by Gasteiger charge is 2.31. The molecule has 178 valence electrons. The minimum absolute atomic E-state index is 0.0216. The van der Waals surface area contributed by atoms with Crippen molar-refractivity contribution in [2.24, 2.45) is 0 Å². The Kier molecular flexibility index (Phi) is 6.63. The largest absolute Gasteiger partial charge is 0.322 e. The predicted octanol–water partition coefficient (Wildman–Crippen LogP) is 3.84. The molecule has 0 saturated heterocycles. The number of nitrogens with zero attached hydrogens (tertiary/aromatic N) is 1. The standard InChI is InChI=1S/C24H25N3O5S2/c1-2-16-33(29,30)26-21-12-10-20(11-13-21)25-24(28)19-7-5-8-22(17-19)34(31,32)27-15-14-18-6-3-4-9-23(18)27/h3-13,17,26H,2,14-16H2,1H3,(H,25,28). The molecule has 0 atom stereocenters. The summed E-state index contributed by atoms with van der Waals surface area (Å²) in [5.74, 6) is -0.452. The predicted molar refractivity (Wildman–Crippen MR) is 133 cm³/mol. The zero-order valence-electron chi connectivity index (χ0n) is 18.6. The highest BCUT2D eigenvalue weighted by molar-refractivity contribution is 7.93. The molecule has 0 radical (unpaired) electrons. The number of carbonyl (C=O) groups excluding carboxylic acids is 1. The van der Waals surface area contributed by atoms with Crippen molar-refractivity contribution in [3.8, 4) is 0 Å². The van der Waals surface area contributed by atoms with Gasteiger partial charge in [0.05, 0.1) is 16.3 Å². The number of fused-ring (bicyclic) bond motifs is 1. The third kappa shape index (κ3) is 5.07. The van der Waals surface area contributed by atoms with Gasteiger partial charge >= 0.3 is 0 Å². The molecule has 1 amide bonds. The van der Waals surface area contributed by atoms with E-state index in [9.17, 15) is 21.6 Å². The van der Waals surface area contributed by atoms with Gasteiger partial charge < -0.3 is 5.32 Å². The summed E-state index contributed by atoms with van der Waals surface area (Å²) < 4.78 is 54.2. The van der Waals surface area contributed by atoms with Crippen LogP contribution >= 0.6 is 0 Å². The van der Waals surface area contributed by atoms with Crippen molar-refractivity contribution in [1.82, 2.24) is 0 Å². The Balaban J connectivity index is 1.49. The van der Waals surface area contributed by atoms with Gasteiger partial charge in [0, 0.05) is 23.5 Å². The first-order valence-electron chi connectivity index (χ1n) is 10.8. The molecule has 0 unspecified atom stereocenters. The molecule has 34 heavy (non-hydrogen) atoms. The fraction of sp³-hybridized carbons (Fsp3) is 0.208. The second kappa shape index (κ2) is 9.47. The van der Waals surface area contributed by atoms with Crippen LogP contribution in [-0.4, -0.2) is 35.0 Å². The highest BCUT2D eigenvalue weighted by atomic mass is 32.2. The normalized spacial score (nSPS) is 13.4. The number of hydrogen-bond acceptors (Lipinski definition) is 5. The van der Waals surface area contributed by atoms with Crippen molar-refractivity contribution >= 4 is 43.0 Å². The lowest BCUT2D eigenvalue weighted by Crippen LogP contribution is -2.29. The van der Waals surface area contributed by atoms with E-state index in [4.69, 9.17) is 0 Å². The van der Waals surface area contributed by atoms with E-state index < -0.39 is 26.0 Å².